The van der Waals surface area contributed by atoms with E-state index in [2.05, 4.69) is 20.9 Å². The van der Waals surface area contributed by atoms with Crippen molar-refractivity contribution in [2.75, 3.05) is 0 Å². The van der Waals surface area contributed by atoms with Gasteiger partial charge >= 0.3 is 0 Å². The van der Waals surface area contributed by atoms with Gasteiger partial charge in [-0.3, -0.25) is 4.79 Å². The van der Waals surface area contributed by atoms with Crippen molar-refractivity contribution >= 4 is 27.3 Å². The van der Waals surface area contributed by atoms with Gasteiger partial charge in [0.15, 0.2) is 0 Å². The Morgan fingerprint density at radius 2 is 2.05 bits per heavy atom. The van der Waals surface area contributed by atoms with Gasteiger partial charge in [-0.1, -0.05) is 18.2 Å². The molecule has 0 saturated heterocycles. The zero-order valence-electron chi connectivity index (χ0n) is 11.1. The second kappa shape index (κ2) is 5.87. The number of H-pyrrole nitrogens is 1. The second-order valence-corrected chi connectivity index (χ2v) is 6.29. The smallest absolute Gasteiger partial charge is 0.266 e. The van der Waals surface area contributed by atoms with Crippen molar-refractivity contribution in [1.29, 1.82) is 5.26 Å². The number of rotatable bonds is 2. The summed E-state index contributed by atoms with van der Waals surface area (Å²) < 4.78 is 14.6. The number of thiophene rings is 1. The number of aromatic amines is 1. The third kappa shape index (κ3) is 2.49. The molecule has 0 unspecified atom stereocenters. The summed E-state index contributed by atoms with van der Waals surface area (Å²) in [7, 11) is 0. The molecule has 0 fully saturated rings. The van der Waals surface area contributed by atoms with Crippen molar-refractivity contribution in [2.24, 2.45) is 0 Å². The van der Waals surface area contributed by atoms with Crippen LogP contribution >= 0.6 is 27.3 Å². The molecule has 0 spiro atoms. The van der Waals surface area contributed by atoms with Crippen LogP contribution in [-0.2, 0) is 0 Å². The van der Waals surface area contributed by atoms with Gasteiger partial charge in [-0.25, -0.2) is 4.39 Å². The van der Waals surface area contributed by atoms with Crippen molar-refractivity contribution in [3.05, 3.63) is 68.0 Å². The maximum Gasteiger partial charge on any atom is 0.266 e. The fourth-order valence-corrected chi connectivity index (χ4v) is 3.22. The predicted molar refractivity (Wildman–Crippen MR) is 88.2 cm³/mol. The summed E-state index contributed by atoms with van der Waals surface area (Å²) in [4.78, 5) is 15.7. The minimum absolute atomic E-state index is 0.0997. The van der Waals surface area contributed by atoms with Gasteiger partial charge in [-0.15, -0.1) is 11.3 Å². The Morgan fingerprint density at radius 3 is 2.73 bits per heavy atom. The average molecular weight is 375 g/mol. The van der Waals surface area contributed by atoms with E-state index in [0.717, 1.165) is 4.88 Å². The molecule has 0 aliphatic heterocycles. The molecule has 3 aromatic rings. The molecule has 2 aromatic heterocycles. The molecule has 0 bridgehead atoms. The number of halogens is 2. The number of nitrogens with one attached hydrogen (secondary N) is 1. The van der Waals surface area contributed by atoms with Crippen LogP contribution in [0.4, 0.5) is 4.39 Å². The predicted octanol–water partition coefficient (Wildman–Crippen LogP) is 4.54. The zero-order chi connectivity index (χ0) is 15.7. The molecule has 0 aliphatic rings. The van der Waals surface area contributed by atoms with Crippen LogP contribution in [0.25, 0.3) is 21.7 Å². The van der Waals surface area contributed by atoms with Gasteiger partial charge in [0.25, 0.3) is 5.56 Å². The van der Waals surface area contributed by atoms with E-state index in [1.165, 1.54) is 11.3 Å². The molecule has 1 aromatic carbocycles. The molecular weight excluding hydrogens is 367 g/mol. The van der Waals surface area contributed by atoms with Gasteiger partial charge in [-0.05, 0) is 39.5 Å². The van der Waals surface area contributed by atoms with Crippen molar-refractivity contribution in [3.8, 4) is 27.8 Å². The van der Waals surface area contributed by atoms with Crippen LogP contribution in [0.5, 0.6) is 0 Å². The Hall–Kier alpha value is -2.23. The highest BCUT2D eigenvalue weighted by Gasteiger charge is 2.16. The third-order valence-electron chi connectivity index (χ3n) is 3.17. The van der Waals surface area contributed by atoms with Gasteiger partial charge < -0.3 is 4.98 Å². The Labute approximate surface area is 137 Å². The van der Waals surface area contributed by atoms with E-state index < -0.39 is 11.4 Å². The fraction of sp³-hybridized carbons (Fsp3) is 0. The molecule has 6 heteroatoms. The molecule has 0 radical (unpaired) electrons. The highest BCUT2D eigenvalue weighted by atomic mass is 79.9. The zero-order valence-corrected chi connectivity index (χ0v) is 13.5. The van der Waals surface area contributed by atoms with Gasteiger partial charge in [0.05, 0.1) is 15.0 Å². The maximum absolute atomic E-state index is 14.3. The van der Waals surface area contributed by atoms with Gasteiger partial charge in [-0.2, -0.15) is 5.26 Å². The van der Waals surface area contributed by atoms with Crippen molar-refractivity contribution in [2.45, 2.75) is 0 Å². The van der Waals surface area contributed by atoms with E-state index in [-0.39, 0.29) is 21.2 Å². The second-order valence-electron chi connectivity index (χ2n) is 4.49. The van der Waals surface area contributed by atoms with Crippen LogP contribution < -0.4 is 5.56 Å². The first-order valence-electron chi connectivity index (χ1n) is 6.27. The topological polar surface area (TPSA) is 56.6 Å². The minimum Gasteiger partial charge on any atom is -0.320 e. The molecular formula is C16H8BrFN2OS. The first-order valence-corrected chi connectivity index (χ1v) is 7.94. The molecule has 0 amide bonds. The normalized spacial score (nSPS) is 10.4. The van der Waals surface area contributed by atoms with Crippen LogP contribution in [0.3, 0.4) is 0 Å². The lowest BCUT2D eigenvalue weighted by Gasteiger charge is -2.08. The van der Waals surface area contributed by atoms with E-state index in [4.69, 9.17) is 0 Å². The number of benzene rings is 1. The van der Waals surface area contributed by atoms with Crippen LogP contribution in [0.1, 0.15) is 5.56 Å². The quantitative estimate of drug-likeness (QED) is 0.715. The summed E-state index contributed by atoms with van der Waals surface area (Å²) in [6.07, 6.45) is 0. The van der Waals surface area contributed by atoms with Crippen molar-refractivity contribution < 1.29 is 4.39 Å². The first kappa shape index (κ1) is 14.7. The summed E-state index contributed by atoms with van der Waals surface area (Å²) >= 11 is 4.58. The standard InChI is InChI=1S/C16H8BrFN2OS/c17-12-4-1-3-9(15(12)18)10-7-13(14-5-2-6-22-14)20-16(21)11(10)8-19/h1-7H,(H,20,21). The van der Waals surface area contributed by atoms with Crippen molar-refractivity contribution in [1.82, 2.24) is 4.98 Å². The monoisotopic (exact) mass is 374 g/mol. The van der Waals surface area contributed by atoms with E-state index in [1.807, 2.05) is 23.6 Å². The van der Waals surface area contributed by atoms with Crippen LogP contribution in [-0.4, -0.2) is 4.98 Å². The molecule has 0 atom stereocenters. The minimum atomic E-state index is -0.525. The third-order valence-corrected chi connectivity index (χ3v) is 4.69. The largest absolute Gasteiger partial charge is 0.320 e. The summed E-state index contributed by atoms with van der Waals surface area (Å²) in [5.74, 6) is -0.498. The number of pyridine rings is 1. The van der Waals surface area contributed by atoms with Gasteiger partial charge in [0.2, 0.25) is 0 Å². The Balaban J connectivity index is 2.33. The maximum atomic E-state index is 14.3. The van der Waals surface area contributed by atoms with Gasteiger partial charge in [0, 0.05) is 11.1 Å². The summed E-state index contributed by atoms with van der Waals surface area (Å²) in [5.41, 5.74) is 0.441. The number of nitriles is 1. The lowest BCUT2D eigenvalue weighted by atomic mass is 10.00. The Morgan fingerprint density at radius 1 is 1.23 bits per heavy atom. The molecule has 1 N–H and O–H groups in total. The number of aromatic nitrogens is 1. The molecule has 3 rings (SSSR count). The van der Waals surface area contributed by atoms with Crippen LogP contribution in [0, 0.1) is 17.1 Å². The summed E-state index contributed by atoms with van der Waals surface area (Å²) in [5, 5.41) is 11.1. The molecule has 22 heavy (non-hydrogen) atoms. The van der Waals surface area contributed by atoms with Gasteiger partial charge in [0.1, 0.15) is 17.4 Å². The number of hydrogen-bond acceptors (Lipinski definition) is 3. The van der Waals surface area contributed by atoms with E-state index in [1.54, 1.807) is 24.3 Å². The van der Waals surface area contributed by atoms with E-state index >= 15 is 0 Å². The molecule has 0 aliphatic carbocycles. The summed E-state index contributed by atoms with van der Waals surface area (Å²) in [6.45, 7) is 0. The Bertz CT molecular complexity index is 942. The molecule has 3 nitrogen and oxygen atoms in total. The average Bonchev–Trinajstić information content (AvgIpc) is 3.03. The number of nitrogens with zero attached hydrogens (tertiary/aromatic N) is 1. The highest BCUT2D eigenvalue weighted by molar-refractivity contribution is 9.10. The first-order chi connectivity index (χ1) is 10.6. The Kier molecular flexibility index (Phi) is 3.92. The lowest BCUT2D eigenvalue weighted by molar-refractivity contribution is 0.624. The highest BCUT2D eigenvalue weighted by Crippen LogP contribution is 2.32. The molecule has 0 saturated carbocycles. The van der Waals surface area contributed by atoms with Crippen LogP contribution in [0.15, 0.2) is 51.0 Å². The SMILES string of the molecule is N#Cc1c(-c2cccc(Br)c2F)cc(-c2cccs2)[nH]c1=O. The summed E-state index contributed by atoms with van der Waals surface area (Å²) in [6, 6.07) is 12.0. The van der Waals surface area contributed by atoms with E-state index in [9.17, 15) is 14.4 Å². The van der Waals surface area contributed by atoms with E-state index in [0.29, 0.717) is 5.69 Å². The van der Waals surface area contributed by atoms with Crippen LogP contribution in [0.2, 0.25) is 0 Å². The lowest BCUT2D eigenvalue weighted by Crippen LogP contribution is -2.12. The van der Waals surface area contributed by atoms with Crippen molar-refractivity contribution in [3.63, 3.8) is 0 Å². The molecule has 108 valence electrons. The number of hydrogen-bond donors (Lipinski definition) is 1. The fourth-order valence-electron chi connectivity index (χ4n) is 2.16. The molecule has 2 heterocycles.